The molecular formula is C67H75N13O13S3. The van der Waals surface area contributed by atoms with Crippen LogP contribution in [0.1, 0.15) is 160 Å². The molecule has 5 aliphatic rings. The molecule has 0 saturated heterocycles. The number of sulfonamides is 3. The first-order valence-corrected chi connectivity index (χ1v) is 35.3. The van der Waals surface area contributed by atoms with Crippen LogP contribution in [0.25, 0.3) is 10.9 Å². The molecule has 0 unspecified atom stereocenters. The Morgan fingerprint density at radius 1 is 0.542 bits per heavy atom. The number of nitrogens with two attached hydrogens (primary N) is 3. The molecule has 3 aromatic heterocycles. The fourth-order valence-corrected chi connectivity index (χ4v) is 14.4. The van der Waals surface area contributed by atoms with Gasteiger partial charge in [-0.3, -0.25) is 29.3 Å². The lowest BCUT2D eigenvalue weighted by atomic mass is 9.99. The van der Waals surface area contributed by atoms with Crippen LogP contribution >= 0.6 is 0 Å². The first-order valence-electron chi connectivity index (χ1n) is 30.5. The summed E-state index contributed by atoms with van der Waals surface area (Å²) in [5.74, 6) is 0.142. The van der Waals surface area contributed by atoms with E-state index in [4.69, 9.17) is 41.1 Å². The normalized spacial score (nSPS) is 16.2. The molecule has 0 radical (unpaired) electrons. The van der Waals surface area contributed by atoms with E-state index >= 15 is 0 Å². The predicted octanol–water partition coefficient (Wildman–Crippen LogP) is 6.63. The molecular weight excluding hydrogens is 1290 g/mol. The average Bonchev–Trinajstić information content (AvgIpc) is 1.23. The Labute approximate surface area is 556 Å². The standard InChI is InChI=1S/C24H27N5O4S.C24H26N4O4S.C19H22N4O5S/c1-13-20-16(9-17(14-7-8-14)27-18(20)10-26-13)23(30)28-24(2,3)12-33-19-6-4-5-15-11-34(31,32)29-22(25)21(15)19;1-14-8-9-19-17(10-14)18(11-15(2)26-19)23(29)27-24(3,4)13-32-20-7-5-6-16-12-33(30,31)28-22(25)21(16)20;1-19(2,22-17(24)13-7-5-9-21-18(13)27-3)11-28-14-8-4-6-12-10-29(25,26)23-16(20)15(12)14/h4-6,9,14H,7-8,10-12H2,1-3H3,(H2,25,29)(H,28,30);5-11H,12-13H2,1-4H3,(H2,25,28)(H,27,29);4-9H,10-11H2,1-3H3,(H2,20,23)(H,22,24). The summed E-state index contributed by atoms with van der Waals surface area (Å²) < 4.78 is 105. The maximum atomic E-state index is 13.4. The number of amidine groups is 3. The van der Waals surface area contributed by atoms with Crippen LogP contribution in [-0.2, 0) is 53.9 Å². The van der Waals surface area contributed by atoms with Crippen LogP contribution in [0.15, 0.2) is 121 Å². The van der Waals surface area contributed by atoms with Crippen LogP contribution in [0.5, 0.6) is 23.1 Å². The van der Waals surface area contributed by atoms with Gasteiger partial charge in [0.15, 0.2) is 0 Å². The van der Waals surface area contributed by atoms with Gasteiger partial charge in [0.2, 0.25) is 5.88 Å². The van der Waals surface area contributed by atoms with Gasteiger partial charge < -0.3 is 52.1 Å². The molecule has 3 amide bonds. The average molecular weight is 1370 g/mol. The zero-order valence-electron chi connectivity index (χ0n) is 54.7. The highest BCUT2D eigenvalue weighted by Crippen LogP contribution is 2.41. The Hall–Kier alpha value is -9.87. The molecule has 9 N–H and O–H groups in total. The number of aliphatic imine (C=N–C) groups is 1. The Morgan fingerprint density at radius 3 is 1.44 bits per heavy atom. The molecule has 1 saturated carbocycles. The van der Waals surface area contributed by atoms with Gasteiger partial charge in [0.1, 0.15) is 60.1 Å². The van der Waals surface area contributed by atoms with Crippen molar-refractivity contribution in [2.45, 2.75) is 121 Å². The largest absolute Gasteiger partial charge is 0.490 e. The van der Waals surface area contributed by atoms with Gasteiger partial charge in [-0.2, -0.15) is 0 Å². The molecule has 29 heteroatoms. The number of hydrogen-bond donors (Lipinski definition) is 6. The lowest BCUT2D eigenvalue weighted by Gasteiger charge is -2.28. The molecule has 7 aromatic rings. The van der Waals surface area contributed by atoms with E-state index < -0.39 is 46.7 Å². The lowest BCUT2D eigenvalue weighted by Crippen LogP contribution is -2.48. The van der Waals surface area contributed by atoms with Crippen molar-refractivity contribution in [3.63, 3.8) is 0 Å². The van der Waals surface area contributed by atoms with E-state index in [2.05, 4.69) is 44.1 Å². The summed E-state index contributed by atoms with van der Waals surface area (Å²) >= 11 is 0. The van der Waals surface area contributed by atoms with Crippen molar-refractivity contribution in [1.82, 2.24) is 30.9 Å². The maximum absolute atomic E-state index is 13.4. The van der Waals surface area contributed by atoms with Crippen LogP contribution in [0, 0.1) is 13.8 Å². The maximum Gasteiger partial charge on any atom is 0.259 e. The fraction of sp³-hybridized carbons (Fsp3) is 0.343. The van der Waals surface area contributed by atoms with Gasteiger partial charge in [0.05, 0.1) is 86.6 Å². The number of amides is 3. The molecule has 0 spiro atoms. The van der Waals surface area contributed by atoms with E-state index in [9.17, 15) is 39.6 Å². The predicted molar refractivity (Wildman–Crippen MR) is 365 cm³/mol. The van der Waals surface area contributed by atoms with Crippen LogP contribution in [0.2, 0.25) is 0 Å². The van der Waals surface area contributed by atoms with Crippen molar-refractivity contribution in [2.75, 3.05) is 26.9 Å². The quantitative estimate of drug-likeness (QED) is 0.0557. The second kappa shape index (κ2) is 26.7. The number of pyridine rings is 3. The molecule has 12 rings (SSSR count). The van der Waals surface area contributed by atoms with Gasteiger partial charge in [-0.05, 0) is 146 Å². The topological polar surface area (TPSA) is 393 Å². The summed E-state index contributed by atoms with van der Waals surface area (Å²) in [6.45, 7) is 17.7. The van der Waals surface area contributed by atoms with E-state index in [1.165, 1.54) is 13.3 Å². The molecule has 26 nitrogen and oxygen atoms in total. The number of hydrogen-bond acceptors (Lipinski definition) is 20. The lowest BCUT2D eigenvalue weighted by molar-refractivity contribution is 0.0869. The zero-order chi connectivity index (χ0) is 69.5. The number of methoxy groups -OCH3 is 1. The number of benzene rings is 4. The summed E-state index contributed by atoms with van der Waals surface area (Å²) in [7, 11) is -9.45. The smallest absolute Gasteiger partial charge is 0.259 e. The summed E-state index contributed by atoms with van der Waals surface area (Å²) in [5, 5.41) is 9.79. The number of nitrogens with zero attached hydrogens (tertiary/aromatic N) is 7. The van der Waals surface area contributed by atoms with Gasteiger partial charge in [0, 0.05) is 40.2 Å². The minimum absolute atomic E-state index is 0.0894. The second-order valence-electron chi connectivity index (χ2n) is 25.8. The minimum atomic E-state index is -3.63. The number of nitrogens with one attached hydrogen (secondary N) is 3. The van der Waals surface area contributed by atoms with E-state index in [1.54, 1.807) is 86.6 Å². The fourth-order valence-electron chi connectivity index (χ4n) is 11.2. The molecule has 96 heavy (non-hydrogen) atoms. The third kappa shape index (κ3) is 16.3. The van der Waals surface area contributed by atoms with E-state index in [0.29, 0.717) is 79.8 Å². The number of ether oxygens (including phenoxy) is 4. The number of aromatic nitrogens is 3. The molecule has 0 atom stereocenters. The summed E-state index contributed by atoms with van der Waals surface area (Å²) in [5.41, 5.74) is 26.0. The van der Waals surface area contributed by atoms with Gasteiger partial charge >= 0.3 is 0 Å². The highest BCUT2D eigenvalue weighted by atomic mass is 32.2. The zero-order valence-corrected chi connectivity index (χ0v) is 57.1. The van der Waals surface area contributed by atoms with Gasteiger partial charge in [-0.15, -0.1) is 13.2 Å². The first kappa shape index (κ1) is 69.0. The van der Waals surface area contributed by atoms with Crippen LogP contribution < -0.4 is 52.1 Å². The van der Waals surface area contributed by atoms with E-state index in [1.807, 2.05) is 72.7 Å². The number of rotatable bonds is 17. The number of carbonyl (C=O) groups is 3. The van der Waals surface area contributed by atoms with E-state index in [-0.39, 0.29) is 78.2 Å². The molecule has 0 bridgehead atoms. The Morgan fingerprint density at radius 2 is 0.990 bits per heavy atom. The Balaban J connectivity index is 0.000000157. The van der Waals surface area contributed by atoms with E-state index in [0.717, 1.165) is 57.7 Å². The van der Waals surface area contributed by atoms with Crippen molar-refractivity contribution in [2.24, 2.45) is 35.4 Å². The van der Waals surface area contributed by atoms with Crippen LogP contribution in [0.4, 0.5) is 0 Å². The summed E-state index contributed by atoms with van der Waals surface area (Å²) in [6.07, 6.45) is 3.73. The van der Waals surface area contributed by atoms with Crippen molar-refractivity contribution < 1.29 is 58.6 Å². The molecule has 504 valence electrons. The van der Waals surface area contributed by atoms with Crippen molar-refractivity contribution >= 4 is 81.9 Å². The molecule has 4 aliphatic heterocycles. The number of aryl methyl sites for hydroxylation is 2. The molecule has 7 heterocycles. The summed E-state index contributed by atoms with van der Waals surface area (Å²) in [6, 6.07) is 28.0. The highest BCUT2D eigenvalue weighted by Gasteiger charge is 2.35. The molecule has 1 aliphatic carbocycles. The van der Waals surface area contributed by atoms with Gasteiger partial charge in [-0.25, -0.2) is 30.2 Å². The number of fused-ring (bicyclic) bond motifs is 5. The minimum Gasteiger partial charge on any atom is -0.490 e. The molecule has 1 fully saturated rings. The monoisotopic (exact) mass is 1370 g/mol. The third-order valence-corrected chi connectivity index (χ3v) is 19.1. The number of carbonyl (C=O) groups excluding carboxylic acids is 3. The van der Waals surface area contributed by atoms with Crippen molar-refractivity contribution in [3.05, 3.63) is 182 Å². The molecule has 4 aromatic carbocycles. The third-order valence-electron chi connectivity index (χ3n) is 15.7. The van der Waals surface area contributed by atoms with Crippen molar-refractivity contribution in [1.29, 1.82) is 0 Å². The Kier molecular flexibility index (Phi) is 19.2. The SMILES string of the molecule is CC1=NCc2nc(C3CC3)cc(C(=O)NC(C)(C)COc3cccc4c3C(N)=NS(=O)(=O)C4)c21.COc1ncccc1C(=O)NC(C)(C)COc1cccc2c1C(N)=NS(=O)(=O)C2.Cc1ccc2nc(C)cc(C(=O)NC(C)(C)COc3cccc4c3C(N)=NS(=O)(=O)C4)c2c1. The van der Waals surface area contributed by atoms with Crippen molar-refractivity contribution in [3.8, 4) is 23.1 Å². The van der Waals surface area contributed by atoms with Crippen LogP contribution in [-0.4, -0.2) is 125 Å². The Bertz CT molecular complexity index is 4810. The first-order chi connectivity index (χ1) is 45.1. The highest BCUT2D eigenvalue weighted by molar-refractivity contribution is 7.90. The van der Waals surface area contributed by atoms with Gasteiger partial charge in [-0.1, -0.05) is 48.0 Å². The summed E-state index contributed by atoms with van der Waals surface area (Å²) in [4.78, 5) is 57.0. The van der Waals surface area contributed by atoms with Gasteiger partial charge in [0.25, 0.3) is 47.8 Å². The second-order valence-corrected chi connectivity index (χ2v) is 30.7. The van der Waals surface area contributed by atoms with Crippen LogP contribution in [0.3, 0.4) is 0 Å².